The Morgan fingerprint density at radius 3 is 2.70 bits per heavy atom. The van der Waals surface area contributed by atoms with Gasteiger partial charge in [0.1, 0.15) is 0 Å². The van der Waals surface area contributed by atoms with E-state index in [4.69, 9.17) is 4.74 Å². The second kappa shape index (κ2) is 9.42. The molecule has 0 aromatic heterocycles. The molecule has 1 aliphatic rings. The zero-order valence-electron chi connectivity index (χ0n) is 17.2. The lowest BCUT2D eigenvalue weighted by Crippen LogP contribution is -2.19. The molecule has 1 aromatic rings. The minimum absolute atomic E-state index is 0.152. The van der Waals surface area contributed by atoms with Crippen molar-refractivity contribution in [3.05, 3.63) is 64.3 Å². The van der Waals surface area contributed by atoms with Crippen LogP contribution in [0.3, 0.4) is 0 Å². The summed E-state index contributed by atoms with van der Waals surface area (Å²) >= 11 is 0. The van der Waals surface area contributed by atoms with Crippen LogP contribution in [0.1, 0.15) is 65.0 Å². The van der Waals surface area contributed by atoms with Gasteiger partial charge in [0.2, 0.25) is 0 Å². The summed E-state index contributed by atoms with van der Waals surface area (Å²) in [5, 5.41) is 0. The summed E-state index contributed by atoms with van der Waals surface area (Å²) in [6, 6.07) is 8.11. The molecule has 0 heterocycles. The molecule has 0 radical (unpaired) electrons. The highest BCUT2D eigenvalue weighted by atomic mass is 16.5. The van der Waals surface area contributed by atoms with Crippen LogP contribution in [0.15, 0.2) is 53.1 Å². The van der Waals surface area contributed by atoms with Crippen LogP contribution < -0.4 is 0 Å². The number of rotatable bonds is 4. The SMILES string of the molecule is CCOC(=O)/C=C(C)/C=C/c1ccccc1C#CC1=C(C)CCCC1(C)C. The number of carbonyl (C=O) groups excluding carboxylic acids is 1. The van der Waals surface area contributed by atoms with Crippen molar-refractivity contribution in [2.75, 3.05) is 6.61 Å². The maximum absolute atomic E-state index is 11.5. The van der Waals surface area contributed by atoms with Crippen LogP contribution in [0.5, 0.6) is 0 Å². The Hall–Kier alpha value is -2.53. The van der Waals surface area contributed by atoms with E-state index in [-0.39, 0.29) is 11.4 Å². The van der Waals surface area contributed by atoms with Crippen LogP contribution in [-0.2, 0) is 9.53 Å². The van der Waals surface area contributed by atoms with E-state index in [9.17, 15) is 4.79 Å². The molecule has 1 aromatic carbocycles. The van der Waals surface area contributed by atoms with Crippen molar-refractivity contribution in [2.45, 2.75) is 53.9 Å². The first-order valence-electron chi connectivity index (χ1n) is 9.68. The zero-order valence-corrected chi connectivity index (χ0v) is 17.2. The van der Waals surface area contributed by atoms with Gasteiger partial charge in [0.25, 0.3) is 0 Å². The van der Waals surface area contributed by atoms with Crippen LogP contribution in [0.2, 0.25) is 0 Å². The van der Waals surface area contributed by atoms with Gasteiger partial charge in [-0.3, -0.25) is 0 Å². The van der Waals surface area contributed by atoms with Gasteiger partial charge in [0.15, 0.2) is 0 Å². The fourth-order valence-electron chi connectivity index (χ4n) is 3.42. The van der Waals surface area contributed by atoms with E-state index in [0.717, 1.165) is 23.1 Å². The third-order valence-electron chi connectivity index (χ3n) is 4.90. The van der Waals surface area contributed by atoms with E-state index >= 15 is 0 Å². The second-order valence-corrected chi connectivity index (χ2v) is 7.70. The fraction of sp³-hybridized carbons (Fsp3) is 0.400. The van der Waals surface area contributed by atoms with E-state index in [2.05, 4.69) is 32.6 Å². The van der Waals surface area contributed by atoms with Crippen LogP contribution in [0, 0.1) is 17.3 Å². The molecule has 2 rings (SSSR count). The highest BCUT2D eigenvalue weighted by molar-refractivity contribution is 5.83. The van der Waals surface area contributed by atoms with Crippen molar-refractivity contribution >= 4 is 12.0 Å². The average Bonchev–Trinajstić information content (AvgIpc) is 2.60. The summed E-state index contributed by atoms with van der Waals surface area (Å²) in [5.41, 5.74) is 5.75. The molecule has 0 N–H and O–H groups in total. The fourth-order valence-corrected chi connectivity index (χ4v) is 3.42. The summed E-state index contributed by atoms with van der Waals surface area (Å²) in [7, 11) is 0. The number of hydrogen-bond donors (Lipinski definition) is 0. The van der Waals surface area contributed by atoms with Gasteiger partial charge >= 0.3 is 5.97 Å². The monoisotopic (exact) mass is 362 g/mol. The molecule has 0 saturated heterocycles. The first kappa shape index (κ1) is 20.8. The minimum atomic E-state index is -0.310. The predicted octanol–water partition coefficient (Wildman–Crippen LogP) is 6.09. The smallest absolute Gasteiger partial charge is 0.330 e. The Bertz CT molecular complexity index is 839. The Labute approximate surface area is 164 Å². The van der Waals surface area contributed by atoms with Gasteiger partial charge in [-0.1, -0.05) is 61.6 Å². The van der Waals surface area contributed by atoms with Gasteiger partial charge < -0.3 is 4.74 Å². The van der Waals surface area contributed by atoms with Gasteiger partial charge in [-0.15, -0.1) is 0 Å². The molecule has 0 fully saturated rings. The van der Waals surface area contributed by atoms with Crippen molar-refractivity contribution in [1.82, 2.24) is 0 Å². The van der Waals surface area contributed by atoms with E-state index in [0.29, 0.717) is 6.61 Å². The highest BCUT2D eigenvalue weighted by Gasteiger charge is 2.27. The molecule has 1 aliphatic carbocycles. The molecule has 0 saturated carbocycles. The molecule has 27 heavy (non-hydrogen) atoms. The maximum Gasteiger partial charge on any atom is 0.330 e. The lowest BCUT2D eigenvalue weighted by molar-refractivity contribution is -0.137. The van der Waals surface area contributed by atoms with Gasteiger partial charge in [0, 0.05) is 17.2 Å². The van der Waals surface area contributed by atoms with Crippen molar-refractivity contribution in [3.63, 3.8) is 0 Å². The molecule has 0 unspecified atom stereocenters. The van der Waals surface area contributed by atoms with Gasteiger partial charge in [-0.05, 0) is 62.7 Å². The Balaban J connectivity index is 2.28. The van der Waals surface area contributed by atoms with Gasteiger partial charge in [0.05, 0.1) is 6.61 Å². The van der Waals surface area contributed by atoms with Crippen LogP contribution in [0.25, 0.3) is 6.08 Å². The topological polar surface area (TPSA) is 26.3 Å². The summed E-state index contributed by atoms with van der Waals surface area (Å²) < 4.78 is 4.95. The van der Waals surface area contributed by atoms with Crippen molar-refractivity contribution < 1.29 is 9.53 Å². The number of benzene rings is 1. The molecule has 0 bridgehead atoms. The molecule has 142 valence electrons. The second-order valence-electron chi connectivity index (χ2n) is 7.70. The number of carbonyl (C=O) groups is 1. The van der Waals surface area contributed by atoms with E-state index in [1.807, 2.05) is 43.3 Å². The molecule has 0 atom stereocenters. The summed E-state index contributed by atoms with van der Waals surface area (Å²) in [4.78, 5) is 11.5. The van der Waals surface area contributed by atoms with Crippen LogP contribution in [0.4, 0.5) is 0 Å². The number of esters is 1. The third-order valence-corrected chi connectivity index (χ3v) is 4.90. The molecule has 0 aliphatic heterocycles. The average molecular weight is 363 g/mol. The molecular weight excluding hydrogens is 332 g/mol. The Morgan fingerprint density at radius 2 is 2.00 bits per heavy atom. The van der Waals surface area contributed by atoms with Crippen LogP contribution in [-0.4, -0.2) is 12.6 Å². The number of hydrogen-bond acceptors (Lipinski definition) is 2. The van der Waals surface area contributed by atoms with E-state index in [1.54, 1.807) is 6.92 Å². The predicted molar refractivity (Wildman–Crippen MR) is 113 cm³/mol. The number of ether oxygens (including phenoxy) is 1. The highest BCUT2D eigenvalue weighted by Crippen LogP contribution is 2.39. The van der Waals surface area contributed by atoms with Crippen molar-refractivity contribution in [2.24, 2.45) is 5.41 Å². The Kier molecular flexibility index (Phi) is 7.25. The molecule has 0 spiro atoms. The zero-order chi connectivity index (χ0) is 19.9. The maximum atomic E-state index is 11.5. The summed E-state index contributed by atoms with van der Waals surface area (Å²) in [6.07, 6.45) is 9.01. The quantitative estimate of drug-likeness (QED) is 0.280. The summed E-state index contributed by atoms with van der Waals surface area (Å²) in [6.45, 7) is 10.9. The van der Waals surface area contributed by atoms with E-state index in [1.165, 1.54) is 30.1 Å². The molecular formula is C25H30O2. The van der Waals surface area contributed by atoms with Crippen molar-refractivity contribution in [3.8, 4) is 11.8 Å². The molecule has 2 heteroatoms. The molecule has 2 nitrogen and oxygen atoms in total. The third kappa shape index (κ3) is 6.00. The first-order valence-corrected chi connectivity index (χ1v) is 9.68. The van der Waals surface area contributed by atoms with Gasteiger partial charge in [-0.25, -0.2) is 4.79 Å². The minimum Gasteiger partial charge on any atom is -0.463 e. The van der Waals surface area contributed by atoms with Gasteiger partial charge in [-0.2, -0.15) is 0 Å². The molecule has 0 amide bonds. The largest absolute Gasteiger partial charge is 0.463 e. The van der Waals surface area contributed by atoms with Crippen LogP contribution >= 0.6 is 0 Å². The first-order chi connectivity index (χ1) is 12.8. The summed E-state index contributed by atoms with van der Waals surface area (Å²) in [5.74, 6) is 6.54. The number of allylic oxidation sites excluding steroid dienone is 4. The van der Waals surface area contributed by atoms with E-state index < -0.39 is 0 Å². The normalized spacial score (nSPS) is 16.9. The van der Waals surface area contributed by atoms with Crippen molar-refractivity contribution in [1.29, 1.82) is 0 Å². The standard InChI is InChI=1S/C25H30O2/c1-6-27-24(26)18-19(2)13-14-21-11-7-8-12-22(21)15-16-23-20(3)10-9-17-25(23,4)5/h7-8,11-14,18H,6,9-10,17H2,1-5H3/b14-13+,19-18+. The lowest BCUT2D eigenvalue weighted by Gasteiger charge is -2.31. The Morgan fingerprint density at radius 1 is 1.26 bits per heavy atom. The lowest BCUT2D eigenvalue weighted by atomic mass is 9.73.